The number of nitrogens with zero attached hydrogens (tertiary/aromatic N) is 1. The maximum absolute atomic E-state index is 14.7. The zero-order chi connectivity index (χ0) is 23.3. The smallest absolute Gasteiger partial charge is 0.275 e. The van der Waals surface area contributed by atoms with Crippen molar-refractivity contribution in [2.24, 2.45) is 0 Å². The molecule has 3 aromatic rings. The SMILES string of the molecule is COCOc1cc(C(=O)c2c(F)cc([N+](=O)[O-])cc2F)c(F)cc1OCc1ccccc1. The van der Waals surface area contributed by atoms with Crippen LogP contribution >= 0.6 is 0 Å². The highest BCUT2D eigenvalue weighted by Gasteiger charge is 2.27. The number of hydrogen-bond donors (Lipinski definition) is 0. The monoisotopic (exact) mass is 447 g/mol. The molecule has 0 aliphatic carbocycles. The van der Waals surface area contributed by atoms with E-state index in [0.717, 1.165) is 17.7 Å². The Hall–Kier alpha value is -3.92. The average molecular weight is 447 g/mol. The van der Waals surface area contributed by atoms with Gasteiger partial charge < -0.3 is 14.2 Å². The van der Waals surface area contributed by atoms with Gasteiger partial charge >= 0.3 is 0 Å². The Balaban J connectivity index is 1.98. The molecule has 0 aliphatic rings. The van der Waals surface area contributed by atoms with Gasteiger partial charge in [-0.05, 0) is 11.6 Å². The molecule has 7 nitrogen and oxygen atoms in total. The number of methoxy groups -OCH3 is 1. The van der Waals surface area contributed by atoms with Gasteiger partial charge in [0.15, 0.2) is 18.3 Å². The van der Waals surface area contributed by atoms with Gasteiger partial charge in [-0.25, -0.2) is 13.2 Å². The zero-order valence-electron chi connectivity index (χ0n) is 16.6. The Bertz CT molecular complexity index is 1130. The molecule has 0 unspecified atom stereocenters. The van der Waals surface area contributed by atoms with E-state index in [9.17, 15) is 28.1 Å². The molecule has 3 aromatic carbocycles. The molecule has 0 radical (unpaired) electrons. The van der Waals surface area contributed by atoms with Crippen molar-refractivity contribution in [3.63, 3.8) is 0 Å². The molecule has 0 aliphatic heterocycles. The van der Waals surface area contributed by atoms with E-state index in [1.165, 1.54) is 7.11 Å². The van der Waals surface area contributed by atoms with E-state index in [-0.39, 0.29) is 24.9 Å². The lowest BCUT2D eigenvalue weighted by atomic mass is 10.0. The zero-order valence-corrected chi connectivity index (χ0v) is 16.6. The first-order valence-corrected chi connectivity index (χ1v) is 9.12. The molecule has 0 atom stereocenters. The maximum Gasteiger partial charge on any atom is 0.275 e. The van der Waals surface area contributed by atoms with Crippen molar-refractivity contribution in [3.05, 3.63) is 98.9 Å². The van der Waals surface area contributed by atoms with Crippen LogP contribution in [-0.2, 0) is 11.3 Å². The number of ketones is 1. The van der Waals surface area contributed by atoms with Crippen LogP contribution in [-0.4, -0.2) is 24.6 Å². The first kappa shape index (κ1) is 22.8. The van der Waals surface area contributed by atoms with Crippen molar-refractivity contribution in [1.29, 1.82) is 0 Å². The van der Waals surface area contributed by atoms with Gasteiger partial charge in [0.2, 0.25) is 5.78 Å². The number of nitro benzene ring substituents is 1. The minimum Gasteiger partial charge on any atom is -0.485 e. The summed E-state index contributed by atoms with van der Waals surface area (Å²) < 4.78 is 59.0. The van der Waals surface area contributed by atoms with Crippen molar-refractivity contribution in [3.8, 4) is 11.5 Å². The molecule has 0 saturated carbocycles. The molecule has 0 bridgehead atoms. The van der Waals surface area contributed by atoms with Crippen LogP contribution in [0.1, 0.15) is 21.5 Å². The van der Waals surface area contributed by atoms with E-state index >= 15 is 0 Å². The minimum atomic E-state index is -1.50. The second kappa shape index (κ2) is 9.92. The van der Waals surface area contributed by atoms with Crippen molar-refractivity contribution in [2.45, 2.75) is 6.61 Å². The molecule has 32 heavy (non-hydrogen) atoms. The second-order valence-corrected chi connectivity index (χ2v) is 6.47. The molecule has 0 amide bonds. The Morgan fingerprint density at radius 3 is 2.16 bits per heavy atom. The average Bonchev–Trinajstić information content (AvgIpc) is 2.76. The summed E-state index contributed by atoms with van der Waals surface area (Å²) in [6.45, 7) is -0.219. The minimum absolute atomic E-state index is 0.0581. The van der Waals surface area contributed by atoms with Crippen LogP contribution in [0.4, 0.5) is 18.9 Å². The van der Waals surface area contributed by atoms with Gasteiger partial charge in [-0.15, -0.1) is 0 Å². The quantitative estimate of drug-likeness (QED) is 0.203. The number of carbonyl (C=O) groups excluding carboxylic acids is 1. The van der Waals surface area contributed by atoms with Crippen LogP contribution in [0.15, 0.2) is 54.6 Å². The molecule has 166 valence electrons. The molecule has 0 N–H and O–H groups in total. The first-order chi connectivity index (χ1) is 15.3. The lowest BCUT2D eigenvalue weighted by Crippen LogP contribution is -2.12. The summed E-state index contributed by atoms with van der Waals surface area (Å²) in [5.41, 5.74) is -1.95. The largest absolute Gasteiger partial charge is 0.485 e. The number of ether oxygens (including phenoxy) is 3. The summed E-state index contributed by atoms with van der Waals surface area (Å²) >= 11 is 0. The van der Waals surface area contributed by atoms with Gasteiger partial charge in [0.1, 0.15) is 24.1 Å². The van der Waals surface area contributed by atoms with Crippen LogP contribution in [0, 0.1) is 27.6 Å². The fraction of sp³-hybridized carbons (Fsp3) is 0.136. The molecular formula is C22H16F3NO6. The summed E-state index contributed by atoms with van der Waals surface area (Å²) in [7, 11) is 1.34. The normalized spacial score (nSPS) is 10.6. The Kier molecular flexibility index (Phi) is 7.06. The summed E-state index contributed by atoms with van der Waals surface area (Å²) in [6.07, 6.45) is 0. The molecule has 10 heteroatoms. The molecule has 0 aromatic heterocycles. The standard InChI is InChI=1S/C22H16F3NO6/c1-30-12-32-19-9-15(16(23)10-20(19)31-11-13-5-3-2-4-6-13)22(27)21-17(24)7-14(26(28)29)8-18(21)25/h2-10H,11-12H2,1H3. The van der Waals surface area contributed by atoms with Crippen LogP contribution in [0.5, 0.6) is 11.5 Å². The third kappa shape index (κ3) is 5.03. The van der Waals surface area contributed by atoms with Crippen LogP contribution in [0.25, 0.3) is 0 Å². The number of rotatable bonds is 9. The van der Waals surface area contributed by atoms with Gasteiger partial charge in [-0.2, -0.15) is 0 Å². The van der Waals surface area contributed by atoms with Gasteiger partial charge in [-0.1, -0.05) is 30.3 Å². The third-order valence-electron chi connectivity index (χ3n) is 4.31. The predicted octanol–water partition coefficient (Wildman–Crippen LogP) is 4.80. The van der Waals surface area contributed by atoms with Crippen molar-refractivity contribution >= 4 is 11.5 Å². The highest BCUT2D eigenvalue weighted by atomic mass is 19.1. The number of nitro groups is 1. The fourth-order valence-electron chi connectivity index (χ4n) is 2.81. The van der Waals surface area contributed by atoms with Crippen LogP contribution in [0.3, 0.4) is 0 Å². The Morgan fingerprint density at radius 2 is 1.56 bits per heavy atom. The van der Waals surface area contributed by atoms with Gasteiger partial charge in [0, 0.05) is 13.2 Å². The van der Waals surface area contributed by atoms with E-state index in [4.69, 9.17) is 14.2 Å². The van der Waals surface area contributed by atoms with Crippen LogP contribution < -0.4 is 9.47 Å². The van der Waals surface area contributed by atoms with E-state index in [0.29, 0.717) is 12.1 Å². The second-order valence-electron chi connectivity index (χ2n) is 6.47. The number of halogens is 3. The van der Waals surface area contributed by atoms with Crippen LogP contribution in [0.2, 0.25) is 0 Å². The number of carbonyl (C=O) groups is 1. The molecular weight excluding hydrogens is 431 g/mol. The first-order valence-electron chi connectivity index (χ1n) is 9.12. The fourth-order valence-corrected chi connectivity index (χ4v) is 2.81. The van der Waals surface area contributed by atoms with E-state index in [2.05, 4.69) is 0 Å². The van der Waals surface area contributed by atoms with Crippen molar-refractivity contribution in [2.75, 3.05) is 13.9 Å². The number of hydrogen-bond acceptors (Lipinski definition) is 6. The maximum atomic E-state index is 14.7. The predicted molar refractivity (Wildman–Crippen MR) is 106 cm³/mol. The number of benzene rings is 3. The highest BCUT2D eigenvalue weighted by molar-refractivity contribution is 6.10. The molecule has 0 saturated heterocycles. The topological polar surface area (TPSA) is 87.9 Å². The molecule has 0 heterocycles. The Labute approximate surface area is 180 Å². The van der Waals surface area contributed by atoms with Gasteiger partial charge in [0.25, 0.3) is 5.69 Å². The lowest BCUT2D eigenvalue weighted by Gasteiger charge is -2.15. The summed E-state index contributed by atoms with van der Waals surface area (Å²) in [6, 6.07) is 11.5. The highest BCUT2D eigenvalue weighted by Crippen LogP contribution is 2.33. The summed E-state index contributed by atoms with van der Waals surface area (Å²) in [5, 5.41) is 10.7. The summed E-state index contributed by atoms with van der Waals surface area (Å²) in [4.78, 5) is 22.4. The Morgan fingerprint density at radius 1 is 0.938 bits per heavy atom. The molecule has 0 fully saturated rings. The third-order valence-corrected chi connectivity index (χ3v) is 4.31. The van der Waals surface area contributed by atoms with E-state index in [1.54, 1.807) is 24.3 Å². The molecule has 3 rings (SSSR count). The van der Waals surface area contributed by atoms with Crippen molar-refractivity contribution in [1.82, 2.24) is 0 Å². The number of non-ortho nitro benzene ring substituents is 1. The lowest BCUT2D eigenvalue weighted by molar-refractivity contribution is -0.385. The van der Waals surface area contributed by atoms with Crippen molar-refractivity contribution < 1.29 is 37.1 Å². The summed E-state index contributed by atoms with van der Waals surface area (Å²) in [5.74, 6) is -5.64. The van der Waals surface area contributed by atoms with E-state index in [1.807, 2.05) is 6.07 Å². The van der Waals surface area contributed by atoms with Gasteiger partial charge in [0.05, 0.1) is 28.2 Å². The van der Waals surface area contributed by atoms with E-state index < -0.39 is 45.0 Å². The molecule has 0 spiro atoms. The van der Waals surface area contributed by atoms with Gasteiger partial charge in [-0.3, -0.25) is 14.9 Å².